The minimum Gasteiger partial charge on any atom is -0.462 e. The highest BCUT2D eigenvalue weighted by Gasteiger charge is 2.39. The molecule has 0 radical (unpaired) electrons. The van der Waals surface area contributed by atoms with Crippen LogP contribution >= 0.6 is 0 Å². The molecule has 1 saturated heterocycles. The SMILES string of the molecule is CCCCCCCCCCCCCCCCCCC(=O)OC1CC(C)(C)NC(C)(C)C1. The maximum Gasteiger partial charge on any atom is 0.306 e. The largest absolute Gasteiger partial charge is 0.462 e. The molecule has 0 aromatic heterocycles. The number of esters is 1. The molecule has 0 aliphatic carbocycles. The molecule has 0 amide bonds. The van der Waals surface area contributed by atoms with Gasteiger partial charge in [-0.25, -0.2) is 0 Å². The van der Waals surface area contributed by atoms with E-state index >= 15 is 0 Å². The van der Waals surface area contributed by atoms with E-state index in [-0.39, 0.29) is 23.2 Å². The van der Waals surface area contributed by atoms with E-state index in [4.69, 9.17) is 4.74 Å². The number of rotatable bonds is 18. The first kappa shape index (κ1) is 28.5. The zero-order valence-corrected chi connectivity index (χ0v) is 21.8. The van der Waals surface area contributed by atoms with Crippen molar-refractivity contribution >= 4 is 5.97 Å². The molecule has 0 unspecified atom stereocenters. The van der Waals surface area contributed by atoms with Crippen molar-refractivity contribution in [2.75, 3.05) is 0 Å². The van der Waals surface area contributed by atoms with Crippen LogP contribution in [0.5, 0.6) is 0 Å². The molecule has 3 heteroatoms. The van der Waals surface area contributed by atoms with Crippen LogP contribution in [-0.2, 0) is 9.53 Å². The van der Waals surface area contributed by atoms with Crippen molar-refractivity contribution in [3.63, 3.8) is 0 Å². The molecule has 1 heterocycles. The van der Waals surface area contributed by atoms with Gasteiger partial charge in [-0.05, 0) is 34.1 Å². The van der Waals surface area contributed by atoms with Crippen molar-refractivity contribution in [1.82, 2.24) is 5.32 Å². The lowest BCUT2D eigenvalue weighted by molar-refractivity contribution is -0.153. The van der Waals surface area contributed by atoms with Crippen LogP contribution in [-0.4, -0.2) is 23.2 Å². The number of carbonyl (C=O) groups excluding carboxylic acids is 1. The number of unbranched alkanes of at least 4 members (excludes halogenated alkanes) is 15. The van der Waals surface area contributed by atoms with Gasteiger partial charge in [-0.2, -0.15) is 0 Å². The number of hydrogen-bond donors (Lipinski definition) is 1. The molecule has 0 spiro atoms. The Morgan fingerprint density at radius 3 is 1.42 bits per heavy atom. The van der Waals surface area contributed by atoms with Crippen LogP contribution in [0, 0.1) is 0 Å². The van der Waals surface area contributed by atoms with Gasteiger partial charge >= 0.3 is 5.97 Å². The van der Waals surface area contributed by atoms with Gasteiger partial charge in [-0.15, -0.1) is 0 Å². The number of nitrogens with one attached hydrogen (secondary N) is 1. The van der Waals surface area contributed by atoms with Gasteiger partial charge in [-0.3, -0.25) is 4.79 Å². The minimum atomic E-state index is 0.00358. The second kappa shape index (κ2) is 16.1. The fourth-order valence-corrected chi connectivity index (χ4v) is 5.37. The van der Waals surface area contributed by atoms with E-state index in [1.807, 2.05) is 0 Å². The number of piperidine rings is 1. The van der Waals surface area contributed by atoms with Crippen molar-refractivity contribution in [2.45, 2.75) is 174 Å². The number of carbonyl (C=O) groups is 1. The van der Waals surface area contributed by atoms with E-state index in [0.29, 0.717) is 6.42 Å². The monoisotopic (exact) mass is 437 g/mol. The molecule has 1 aliphatic heterocycles. The molecule has 0 bridgehead atoms. The zero-order chi connectivity index (χ0) is 23.0. The van der Waals surface area contributed by atoms with E-state index in [9.17, 15) is 4.79 Å². The molecule has 0 saturated carbocycles. The van der Waals surface area contributed by atoms with Crippen LogP contribution in [0.4, 0.5) is 0 Å². The van der Waals surface area contributed by atoms with Crippen molar-refractivity contribution in [2.24, 2.45) is 0 Å². The number of ether oxygens (including phenoxy) is 1. The third-order valence-corrected chi connectivity index (χ3v) is 6.69. The standard InChI is InChI=1S/C28H55NO2/c1-6-7-8-9-10-11-12-13-14-15-16-17-18-19-20-21-22-26(30)31-25-23-27(2,3)29-28(4,5)24-25/h25,29H,6-24H2,1-5H3. The first-order valence-electron chi connectivity index (χ1n) is 13.7. The van der Waals surface area contributed by atoms with E-state index in [1.165, 1.54) is 89.9 Å². The Balaban J connectivity index is 1.88. The molecule has 0 aromatic rings. The van der Waals surface area contributed by atoms with Gasteiger partial charge in [0.05, 0.1) is 0 Å². The highest BCUT2D eigenvalue weighted by atomic mass is 16.5. The molecular weight excluding hydrogens is 382 g/mol. The summed E-state index contributed by atoms with van der Waals surface area (Å²) in [7, 11) is 0. The van der Waals surface area contributed by atoms with Gasteiger partial charge in [0, 0.05) is 30.3 Å². The molecule has 1 rings (SSSR count). The maximum atomic E-state index is 12.2. The summed E-state index contributed by atoms with van der Waals surface area (Å²) in [5.41, 5.74) is 0.0574. The molecular formula is C28H55NO2. The molecule has 31 heavy (non-hydrogen) atoms. The number of hydrogen-bond acceptors (Lipinski definition) is 3. The predicted octanol–water partition coefficient (Wildman–Crippen LogP) is 8.49. The minimum absolute atomic E-state index is 0.00358. The summed E-state index contributed by atoms with van der Waals surface area (Å²) >= 11 is 0. The second-order valence-corrected chi connectivity index (χ2v) is 11.5. The molecule has 3 nitrogen and oxygen atoms in total. The Kier molecular flexibility index (Phi) is 14.8. The van der Waals surface area contributed by atoms with Crippen LogP contribution in [0.2, 0.25) is 0 Å². The molecule has 1 fully saturated rings. The van der Waals surface area contributed by atoms with E-state index in [1.54, 1.807) is 0 Å². The van der Waals surface area contributed by atoms with Crippen LogP contribution in [0.25, 0.3) is 0 Å². The van der Waals surface area contributed by atoms with Crippen LogP contribution in [0.15, 0.2) is 0 Å². The lowest BCUT2D eigenvalue weighted by atomic mass is 9.81. The van der Waals surface area contributed by atoms with E-state index in [2.05, 4.69) is 39.9 Å². The quantitative estimate of drug-likeness (QED) is 0.172. The Bertz CT molecular complexity index is 442. The summed E-state index contributed by atoms with van der Waals surface area (Å²) in [6.45, 7) is 11.1. The summed E-state index contributed by atoms with van der Waals surface area (Å²) in [6, 6.07) is 0. The first-order valence-corrected chi connectivity index (χ1v) is 13.7. The maximum absolute atomic E-state index is 12.2. The topological polar surface area (TPSA) is 38.3 Å². The Labute approximate surface area is 194 Å². The lowest BCUT2D eigenvalue weighted by Crippen LogP contribution is -2.59. The van der Waals surface area contributed by atoms with Gasteiger partial charge in [0.15, 0.2) is 0 Å². The van der Waals surface area contributed by atoms with Crippen molar-refractivity contribution in [1.29, 1.82) is 0 Å². The average molecular weight is 438 g/mol. The van der Waals surface area contributed by atoms with Gasteiger partial charge in [0.1, 0.15) is 6.10 Å². The molecule has 0 atom stereocenters. The van der Waals surface area contributed by atoms with Crippen molar-refractivity contribution in [3.05, 3.63) is 0 Å². The third-order valence-electron chi connectivity index (χ3n) is 6.69. The molecule has 1 N–H and O–H groups in total. The zero-order valence-electron chi connectivity index (χ0n) is 21.8. The van der Waals surface area contributed by atoms with Crippen LogP contribution in [0.1, 0.15) is 157 Å². The van der Waals surface area contributed by atoms with Crippen molar-refractivity contribution < 1.29 is 9.53 Å². The van der Waals surface area contributed by atoms with Gasteiger partial charge < -0.3 is 10.1 Å². The average Bonchev–Trinajstić information content (AvgIpc) is 2.65. The summed E-state index contributed by atoms with van der Waals surface area (Å²) in [5, 5.41) is 3.65. The van der Waals surface area contributed by atoms with Crippen molar-refractivity contribution in [3.8, 4) is 0 Å². The predicted molar refractivity (Wildman–Crippen MR) is 135 cm³/mol. The fraction of sp³-hybridized carbons (Fsp3) is 0.964. The smallest absolute Gasteiger partial charge is 0.306 e. The Morgan fingerprint density at radius 1 is 0.677 bits per heavy atom. The lowest BCUT2D eigenvalue weighted by Gasteiger charge is -2.45. The Hall–Kier alpha value is -0.570. The molecule has 184 valence electrons. The third kappa shape index (κ3) is 15.8. The van der Waals surface area contributed by atoms with Gasteiger partial charge in [0.2, 0.25) is 0 Å². The van der Waals surface area contributed by atoms with Gasteiger partial charge in [0.25, 0.3) is 0 Å². The summed E-state index contributed by atoms with van der Waals surface area (Å²) in [4.78, 5) is 12.2. The fourth-order valence-electron chi connectivity index (χ4n) is 5.37. The first-order chi connectivity index (χ1) is 14.7. The summed E-state index contributed by atoms with van der Waals surface area (Å²) in [5.74, 6) is 0.00358. The van der Waals surface area contributed by atoms with Gasteiger partial charge in [-0.1, -0.05) is 103 Å². The highest BCUT2D eigenvalue weighted by molar-refractivity contribution is 5.69. The molecule has 1 aliphatic rings. The van der Waals surface area contributed by atoms with E-state index in [0.717, 1.165) is 25.7 Å². The molecule has 0 aromatic carbocycles. The van der Waals surface area contributed by atoms with Crippen LogP contribution in [0.3, 0.4) is 0 Å². The van der Waals surface area contributed by atoms with Crippen LogP contribution < -0.4 is 5.32 Å². The highest BCUT2D eigenvalue weighted by Crippen LogP contribution is 2.30. The van der Waals surface area contributed by atoms with E-state index < -0.39 is 0 Å². The second-order valence-electron chi connectivity index (χ2n) is 11.5. The summed E-state index contributed by atoms with van der Waals surface area (Å²) in [6.07, 6.45) is 24.2. The Morgan fingerprint density at radius 2 is 1.03 bits per heavy atom. The summed E-state index contributed by atoms with van der Waals surface area (Å²) < 4.78 is 5.81. The normalized spacial score (nSPS) is 18.2.